The molecular weight excluding hydrogens is 776 g/mol. The SMILES string of the molecule is Cc1cc(-c2ncnn3cc(N4CCC(F)(F)C4)cc23)ccc1CN.Cc1cc(-c2ncnn3cc(N4CCC(F)(F)C4)cc23)ccc1CN(C(=O)O)C(C)(C)C.Cl. The Morgan fingerprint density at radius 2 is 1.22 bits per heavy atom. The van der Waals surface area contributed by atoms with Crippen molar-refractivity contribution >= 4 is 40.9 Å². The number of amides is 1. The van der Waals surface area contributed by atoms with Gasteiger partial charge in [0.15, 0.2) is 0 Å². The van der Waals surface area contributed by atoms with Crippen molar-refractivity contribution in [2.45, 2.75) is 77.9 Å². The Balaban J connectivity index is 0.000000198. The van der Waals surface area contributed by atoms with Gasteiger partial charge in [0.1, 0.15) is 12.7 Å². The summed E-state index contributed by atoms with van der Waals surface area (Å²) in [5.74, 6) is -5.30. The zero-order valence-electron chi connectivity index (χ0n) is 33.0. The second-order valence-electron chi connectivity index (χ2n) is 15.9. The third-order valence-electron chi connectivity index (χ3n) is 10.7. The fourth-order valence-electron chi connectivity index (χ4n) is 7.39. The molecule has 2 aliphatic heterocycles. The number of nitrogens with two attached hydrogens (primary N) is 1. The lowest BCUT2D eigenvalue weighted by molar-refractivity contribution is 0.0250. The van der Waals surface area contributed by atoms with E-state index in [1.165, 1.54) is 17.6 Å². The summed E-state index contributed by atoms with van der Waals surface area (Å²) in [4.78, 5) is 25.3. The first kappa shape index (κ1) is 42.1. The van der Waals surface area contributed by atoms with Crippen LogP contribution in [-0.2, 0) is 13.1 Å². The lowest BCUT2D eigenvalue weighted by Crippen LogP contribution is -2.44. The summed E-state index contributed by atoms with van der Waals surface area (Å²) in [5.41, 5.74) is 15.5. The normalized spacial score (nSPS) is 16.0. The number of fused-ring (bicyclic) bond motifs is 2. The number of carbonyl (C=O) groups is 1. The maximum atomic E-state index is 13.7. The summed E-state index contributed by atoms with van der Waals surface area (Å²) in [6, 6.07) is 15.5. The second-order valence-corrected chi connectivity index (χ2v) is 15.9. The number of hydrogen-bond donors (Lipinski definition) is 2. The zero-order chi connectivity index (χ0) is 40.9. The molecule has 308 valence electrons. The van der Waals surface area contributed by atoms with Gasteiger partial charge in [-0.15, -0.1) is 12.4 Å². The average molecular weight is 823 g/mol. The first-order valence-electron chi connectivity index (χ1n) is 18.7. The number of anilines is 2. The highest BCUT2D eigenvalue weighted by Crippen LogP contribution is 2.36. The molecule has 17 heteroatoms. The summed E-state index contributed by atoms with van der Waals surface area (Å²) in [6.07, 6.45) is 5.22. The van der Waals surface area contributed by atoms with Crippen LogP contribution in [0.4, 0.5) is 33.7 Å². The molecule has 0 bridgehead atoms. The molecule has 0 radical (unpaired) electrons. The molecule has 0 spiro atoms. The number of aromatic nitrogens is 6. The molecule has 6 heterocycles. The molecule has 12 nitrogen and oxygen atoms in total. The van der Waals surface area contributed by atoms with Gasteiger partial charge >= 0.3 is 6.09 Å². The molecule has 3 N–H and O–H groups in total. The van der Waals surface area contributed by atoms with Crippen molar-refractivity contribution in [1.29, 1.82) is 0 Å². The van der Waals surface area contributed by atoms with E-state index in [4.69, 9.17) is 5.73 Å². The van der Waals surface area contributed by atoms with E-state index >= 15 is 0 Å². The molecule has 4 aromatic heterocycles. The summed E-state index contributed by atoms with van der Waals surface area (Å²) in [6.45, 7) is 10.4. The standard InChI is InChI=1S/C23H27F2N5O2.C18H19F2N5.ClH/c1-15-9-16(5-6-17(15)11-29(21(31)32)22(2,3)4)20-19-10-18(12-30(19)27-14-26-20)28-8-7-23(24,25)13-28;1-12-6-13(2-3-14(12)8-21)17-16-7-15(9-25(16)23-11-22-17)24-5-4-18(19,20)10-24;/h5-6,9-10,12,14H,7-8,11,13H2,1-4H3,(H,31,32);2-3,6-7,9,11H,4-5,8,10,21H2,1H3;1H. The van der Waals surface area contributed by atoms with Gasteiger partial charge in [0.25, 0.3) is 11.8 Å². The van der Waals surface area contributed by atoms with E-state index in [0.717, 1.165) is 55.8 Å². The van der Waals surface area contributed by atoms with Crippen LogP contribution in [-0.4, -0.2) is 88.9 Å². The third-order valence-corrected chi connectivity index (χ3v) is 10.7. The number of nitrogens with zero attached hydrogens (tertiary/aromatic N) is 9. The highest BCUT2D eigenvalue weighted by atomic mass is 35.5. The van der Waals surface area contributed by atoms with Crippen molar-refractivity contribution in [3.8, 4) is 22.5 Å². The van der Waals surface area contributed by atoms with Crippen molar-refractivity contribution in [3.05, 3.63) is 95.8 Å². The minimum Gasteiger partial charge on any atom is -0.465 e. The number of aryl methyl sites for hydroxylation is 2. The molecule has 2 aliphatic rings. The van der Waals surface area contributed by atoms with Crippen molar-refractivity contribution in [2.24, 2.45) is 5.73 Å². The van der Waals surface area contributed by atoms with Crippen LogP contribution in [0.25, 0.3) is 33.5 Å². The van der Waals surface area contributed by atoms with Gasteiger partial charge in [-0.1, -0.05) is 24.3 Å². The van der Waals surface area contributed by atoms with Gasteiger partial charge in [-0.05, 0) is 81.1 Å². The molecule has 0 aliphatic carbocycles. The van der Waals surface area contributed by atoms with Crippen molar-refractivity contribution < 1.29 is 27.5 Å². The summed E-state index contributed by atoms with van der Waals surface area (Å²) < 4.78 is 57.7. The maximum absolute atomic E-state index is 13.7. The average Bonchev–Trinajstić information content (AvgIpc) is 3.94. The van der Waals surface area contributed by atoms with E-state index in [-0.39, 0.29) is 44.9 Å². The molecule has 1 amide bonds. The van der Waals surface area contributed by atoms with Crippen LogP contribution in [0.2, 0.25) is 0 Å². The van der Waals surface area contributed by atoms with Gasteiger partial charge in [-0.25, -0.2) is 41.4 Å². The number of halogens is 5. The highest BCUT2D eigenvalue weighted by Gasteiger charge is 2.39. The number of hydrogen-bond acceptors (Lipinski definition) is 8. The predicted molar refractivity (Wildman–Crippen MR) is 218 cm³/mol. The zero-order valence-corrected chi connectivity index (χ0v) is 33.8. The van der Waals surface area contributed by atoms with E-state index < -0.39 is 23.5 Å². The van der Waals surface area contributed by atoms with Crippen LogP contribution < -0.4 is 15.5 Å². The van der Waals surface area contributed by atoms with Crippen molar-refractivity contribution in [2.75, 3.05) is 36.0 Å². The topological polar surface area (TPSA) is 133 Å². The van der Waals surface area contributed by atoms with Gasteiger partial charge in [0.2, 0.25) is 0 Å². The number of carboxylic acid groups (broad SMARTS) is 1. The van der Waals surface area contributed by atoms with E-state index in [1.807, 2.05) is 83.1 Å². The van der Waals surface area contributed by atoms with Crippen LogP contribution in [0.5, 0.6) is 0 Å². The smallest absolute Gasteiger partial charge is 0.408 e. The fraction of sp³-hybridized carbons (Fsp3) is 0.390. The van der Waals surface area contributed by atoms with Crippen LogP contribution in [0.3, 0.4) is 0 Å². The Morgan fingerprint density at radius 3 is 1.59 bits per heavy atom. The van der Waals surface area contributed by atoms with Crippen molar-refractivity contribution in [1.82, 2.24) is 34.1 Å². The van der Waals surface area contributed by atoms with Crippen LogP contribution in [0.1, 0.15) is 55.9 Å². The Kier molecular flexibility index (Phi) is 11.7. The quantitative estimate of drug-likeness (QED) is 0.153. The summed E-state index contributed by atoms with van der Waals surface area (Å²) in [7, 11) is 0. The number of alkyl halides is 4. The molecule has 6 aromatic rings. The fourth-order valence-corrected chi connectivity index (χ4v) is 7.39. The predicted octanol–water partition coefficient (Wildman–Crippen LogP) is 8.26. The monoisotopic (exact) mass is 822 g/mol. The molecule has 8 rings (SSSR count). The molecule has 2 aromatic carbocycles. The summed E-state index contributed by atoms with van der Waals surface area (Å²) in [5, 5.41) is 18.1. The molecule has 2 saturated heterocycles. The first-order chi connectivity index (χ1) is 26.9. The minimum absolute atomic E-state index is 0. The Hall–Kier alpha value is -5.48. The van der Waals surface area contributed by atoms with Crippen LogP contribution >= 0.6 is 12.4 Å². The number of rotatable bonds is 7. The summed E-state index contributed by atoms with van der Waals surface area (Å²) >= 11 is 0. The molecule has 58 heavy (non-hydrogen) atoms. The third kappa shape index (κ3) is 8.82. The van der Waals surface area contributed by atoms with Crippen LogP contribution in [0, 0.1) is 13.8 Å². The molecule has 0 saturated carbocycles. The molecule has 0 unspecified atom stereocenters. The van der Waals surface area contributed by atoms with E-state index in [2.05, 4.69) is 20.2 Å². The minimum atomic E-state index is -2.67. The Morgan fingerprint density at radius 1 is 0.776 bits per heavy atom. The molecule has 0 atom stereocenters. The van der Waals surface area contributed by atoms with Gasteiger partial charge in [0, 0.05) is 55.7 Å². The first-order valence-corrected chi connectivity index (χ1v) is 18.7. The van der Waals surface area contributed by atoms with Gasteiger partial charge in [-0.3, -0.25) is 4.90 Å². The van der Waals surface area contributed by atoms with Crippen LogP contribution in [0.15, 0.2) is 73.6 Å². The lowest BCUT2D eigenvalue weighted by Gasteiger charge is -2.33. The Labute approximate surface area is 339 Å². The van der Waals surface area contributed by atoms with Crippen molar-refractivity contribution in [3.63, 3.8) is 0 Å². The number of benzene rings is 2. The lowest BCUT2D eigenvalue weighted by atomic mass is 10.00. The molecular formula is C41H47ClF4N10O2. The van der Waals surface area contributed by atoms with E-state index in [9.17, 15) is 27.5 Å². The second kappa shape index (κ2) is 16.0. The van der Waals surface area contributed by atoms with E-state index in [0.29, 0.717) is 31.0 Å². The largest absolute Gasteiger partial charge is 0.465 e. The van der Waals surface area contributed by atoms with Gasteiger partial charge in [0.05, 0.1) is 59.3 Å². The van der Waals surface area contributed by atoms with Gasteiger partial charge < -0.3 is 20.6 Å². The maximum Gasteiger partial charge on any atom is 0.408 e. The molecule has 2 fully saturated rings. The Bertz CT molecular complexity index is 2450. The highest BCUT2D eigenvalue weighted by molar-refractivity contribution is 5.85. The van der Waals surface area contributed by atoms with Gasteiger partial charge in [-0.2, -0.15) is 10.2 Å². The van der Waals surface area contributed by atoms with E-state index in [1.54, 1.807) is 31.2 Å².